The lowest BCUT2D eigenvalue weighted by Crippen LogP contribution is -2.49. The van der Waals surface area contributed by atoms with E-state index in [-0.39, 0.29) is 18.0 Å². The van der Waals surface area contributed by atoms with Crippen molar-refractivity contribution in [1.29, 1.82) is 0 Å². The maximum atomic E-state index is 13.7. The summed E-state index contributed by atoms with van der Waals surface area (Å²) in [6.07, 6.45) is 3.03. The molecule has 2 amide bonds. The predicted molar refractivity (Wildman–Crippen MR) is 89.9 cm³/mol. The van der Waals surface area contributed by atoms with Crippen molar-refractivity contribution in [2.45, 2.75) is 37.7 Å². The fourth-order valence-electron chi connectivity index (χ4n) is 3.60. The Morgan fingerprint density at radius 1 is 1.36 bits per heavy atom. The second-order valence-electron chi connectivity index (χ2n) is 6.66. The van der Waals surface area contributed by atoms with E-state index in [1.807, 2.05) is 0 Å². The number of carbonyl (C=O) groups is 1. The average Bonchev–Trinajstić information content (AvgIpc) is 2.57. The largest absolute Gasteiger partial charge is 0.385 e. The SMILES string of the molecule is COCCCC[C@@](O)(c1cc(F)cc(F)c1)[C@@H]1CCCN(C(N)=O)C1. The summed E-state index contributed by atoms with van der Waals surface area (Å²) in [6.45, 7) is 1.35. The third-order valence-corrected chi connectivity index (χ3v) is 4.93. The summed E-state index contributed by atoms with van der Waals surface area (Å²) < 4.78 is 32.5. The summed E-state index contributed by atoms with van der Waals surface area (Å²) in [5.74, 6) is -1.79. The van der Waals surface area contributed by atoms with Gasteiger partial charge in [-0.05, 0) is 49.8 Å². The number of ether oxygens (including phenoxy) is 1. The van der Waals surface area contributed by atoms with Crippen molar-refractivity contribution in [2.75, 3.05) is 26.8 Å². The van der Waals surface area contributed by atoms with Crippen molar-refractivity contribution in [3.05, 3.63) is 35.4 Å². The van der Waals surface area contributed by atoms with Gasteiger partial charge in [-0.2, -0.15) is 0 Å². The van der Waals surface area contributed by atoms with Gasteiger partial charge in [-0.3, -0.25) is 0 Å². The molecule has 2 rings (SSSR count). The monoisotopic (exact) mass is 356 g/mol. The quantitative estimate of drug-likeness (QED) is 0.738. The zero-order valence-electron chi connectivity index (χ0n) is 14.5. The first-order valence-electron chi connectivity index (χ1n) is 8.59. The molecule has 7 heteroatoms. The first-order valence-corrected chi connectivity index (χ1v) is 8.59. The number of hydrogen-bond acceptors (Lipinski definition) is 3. The van der Waals surface area contributed by atoms with Gasteiger partial charge >= 0.3 is 6.03 Å². The Hall–Kier alpha value is -1.73. The molecule has 1 aromatic rings. The second kappa shape index (κ2) is 8.58. The number of likely N-dealkylation sites (tertiary alicyclic amines) is 1. The number of aliphatic hydroxyl groups is 1. The summed E-state index contributed by atoms with van der Waals surface area (Å²) in [4.78, 5) is 13.0. The number of nitrogens with two attached hydrogens (primary N) is 1. The minimum absolute atomic E-state index is 0.207. The van der Waals surface area contributed by atoms with Crippen LogP contribution in [0.25, 0.3) is 0 Å². The molecule has 0 aromatic heterocycles. The highest BCUT2D eigenvalue weighted by atomic mass is 19.1. The first-order chi connectivity index (χ1) is 11.9. The fraction of sp³-hybridized carbons (Fsp3) is 0.611. The van der Waals surface area contributed by atoms with Gasteiger partial charge in [0.15, 0.2) is 0 Å². The van der Waals surface area contributed by atoms with Crippen LogP contribution in [-0.4, -0.2) is 42.8 Å². The Kier molecular flexibility index (Phi) is 6.72. The van der Waals surface area contributed by atoms with Crippen LogP contribution >= 0.6 is 0 Å². The molecule has 0 radical (unpaired) electrons. The third-order valence-electron chi connectivity index (χ3n) is 4.93. The van der Waals surface area contributed by atoms with E-state index < -0.39 is 23.3 Å². The minimum Gasteiger partial charge on any atom is -0.385 e. The highest BCUT2D eigenvalue weighted by molar-refractivity contribution is 5.72. The maximum absolute atomic E-state index is 13.7. The van der Waals surface area contributed by atoms with Crippen LogP contribution in [0.3, 0.4) is 0 Å². The van der Waals surface area contributed by atoms with Crippen LogP contribution < -0.4 is 5.73 Å². The summed E-state index contributed by atoms with van der Waals surface area (Å²) in [6, 6.07) is 2.58. The molecule has 0 bridgehead atoms. The summed E-state index contributed by atoms with van der Waals surface area (Å²) >= 11 is 0. The zero-order valence-corrected chi connectivity index (χ0v) is 14.5. The molecular formula is C18H26F2N2O3. The maximum Gasteiger partial charge on any atom is 0.314 e. The van der Waals surface area contributed by atoms with Crippen molar-refractivity contribution in [1.82, 2.24) is 4.90 Å². The summed E-state index contributed by atoms with van der Waals surface area (Å²) in [5, 5.41) is 11.4. The standard InChI is InChI=1S/C18H26F2N2O3/c1-25-8-3-2-6-18(24,14-9-15(19)11-16(20)10-14)13-5-4-7-22(12-13)17(21)23/h9-11,13,24H,2-8,12H2,1H3,(H2,21,23)/t13-,18+/m1/s1. The molecule has 1 fully saturated rings. The number of urea groups is 1. The van der Waals surface area contributed by atoms with Crippen LogP contribution in [0.4, 0.5) is 13.6 Å². The Labute approximate surface area is 146 Å². The van der Waals surface area contributed by atoms with Gasteiger partial charge in [-0.25, -0.2) is 13.6 Å². The molecule has 2 atom stereocenters. The van der Waals surface area contributed by atoms with Crippen molar-refractivity contribution in [3.63, 3.8) is 0 Å². The van der Waals surface area contributed by atoms with Crippen LogP contribution in [-0.2, 0) is 10.3 Å². The molecule has 0 aliphatic carbocycles. The Morgan fingerprint density at radius 2 is 2.04 bits per heavy atom. The van der Waals surface area contributed by atoms with E-state index in [2.05, 4.69) is 0 Å². The van der Waals surface area contributed by atoms with Gasteiger partial charge in [-0.1, -0.05) is 0 Å². The van der Waals surface area contributed by atoms with Crippen LogP contribution in [0.1, 0.15) is 37.7 Å². The smallest absolute Gasteiger partial charge is 0.314 e. The number of nitrogens with zero attached hydrogens (tertiary/aromatic N) is 1. The Bertz CT molecular complexity index is 579. The van der Waals surface area contributed by atoms with Crippen molar-refractivity contribution in [3.8, 4) is 0 Å². The van der Waals surface area contributed by atoms with Gasteiger partial charge in [0.2, 0.25) is 0 Å². The van der Waals surface area contributed by atoms with Gasteiger partial charge in [0.25, 0.3) is 0 Å². The molecule has 1 saturated heterocycles. The van der Waals surface area contributed by atoms with Gasteiger partial charge in [-0.15, -0.1) is 0 Å². The molecule has 1 aromatic carbocycles. The van der Waals surface area contributed by atoms with E-state index in [9.17, 15) is 18.7 Å². The number of rotatable bonds is 7. The number of hydrogen-bond donors (Lipinski definition) is 2. The van der Waals surface area contributed by atoms with E-state index in [0.29, 0.717) is 38.8 Å². The van der Waals surface area contributed by atoms with Gasteiger partial charge in [0, 0.05) is 38.8 Å². The molecule has 1 aliphatic heterocycles. The Morgan fingerprint density at radius 3 is 2.64 bits per heavy atom. The van der Waals surface area contributed by atoms with Gasteiger partial charge < -0.3 is 20.5 Å². The average molecular weight is 356 g/mol. The second-order valence-corrected chi connectivity index (χ2v) is 6.66. The van der Waals surface area contributed by atoms with E-state index >= 15 is 0 Å². The van der Waals surface area contributed by atoms with E-state index in [4.69, 9.17) is 10.5 Å². The van der Waals surface area contributed by atoms with Gasteiger partial charge in [0.1, 0.15) is 11.6 Å². The van der Waals surface area contributed by atoms with Crippen molar-refractivity contribution in [2.24, 2.45) is 11.7 Å². The van der Waals surface area contributed by atoms with E-state index in [1.54, 1.807) is 7.11 Å². The molecule has 0 unspecified atom stereocenters. The van der Waals surface area contributed by atoms with Crippen LogP contribution in [0.15, 0.2) is 18.2 Å². The molecule has 25 heavy (non-hydrogen) atoms. The Balaban J connectivity index is 2.28. The molecule has 5 nitrogen and oxygen atoms in total. The molecule has 1 heterocycles. The fourth-order valence-corrected chi connectivity index (χ4v) is 3.60. The lowest BCUT2D eigenvalue weighted by molar-refractivity contribution is -0.0563. The van der Waals surface area contributed by atoms with E-state index in [1.165, 1.54) is 17.0 Å². The minimum atomic E-state index is -1.43. The van der Waals surface area contributed by atoms with E-state index in [0.717, 1.165) is 12.5 Å². The third kappa shape index (κ3) is 4.89. The first kappa shape index (κ1) is 19.6. The number of methoxy groups -OCH3 is 1. The number of carbonyl (C=O) groups excluding carboxylic acids is 1. The number of benzene rings is 1. The number of unbranched alkanes of at least 4 members (excludes halogenated alkanes) is 1. The van der Waals surface area contributed by atoms with Crippen LogP contribution in [0.5, 0.6) is 0 Å². The number of halogens is 2. The van der Waals surface area contributed by atoms with Gasteiger partial charge in [0.05, 0.1) is 5.60 Å². The molecule has 0 spiro atoms. The molecule has 0 saturated carbocycles. The van der Waals surface area contributed by atoms with Crippen LogP contribution in [0, 0.1) is 17.6 Å². The van der Waals surface area contributed by atoms with Crippen LogP contribution in [0.2, 0.25) is 0 Å². The molecule has 1 aliphatic rings. The van der Waals surface area contributed by atoms with Crippen molar-refractivity contribution >= 4 is 6.03 Å². The highest BCUT2D eigenvalue weighted by Gasteiger charge is 2.41. The topological polar surface area (TPSA) is 75.8 Å². The lowest BCUT2D eigenvalue weighted by Gasteiger charge is -2.42. The molecular weight excluding hydrogens is 330 g/mol. The lowest BCUT2D eigenvalue weighted by atomic mass is 9.74. The molecule has 140 valence electrons. The molecule has 3 N–H and O–H groups in total. The normalized spacial score (nSPS) is 20.3. The highest BCUT2D eigenvalue weighted by Crippen LogP contribution is 2.40. The number of amides is 2. The predicted octanol–water partition coefficient (Wildman–Crippen LogP) is 2.76. The number of piperidine rings is 1. The summed E-state index contributed by atoms with van der Waals surface area (Å²) in [7, 11) is 1.60. The summed E-state index contributed by atoms with van der Waals surface area (Å²) in [5.41, 5.74) is 4.15. The zero-order chi connectivity index (χ0) is 18.4. The number of primary amides is 1. The van der Waals surface area contributed by atoms with Crippen molar-refractivity contribution < 1.29 is 23.4 Å².